The Hall–Kier alpha value is -1.81. The second kappa shape index (κ2) is 5.67. The Balaban J connectivity index is 2.31. The maximum atomic E-state index is 12.4. The standard InChI is InChI=1S/C16H17BrN2O/c1-9-6-10(2)14(18)8-13(9)16(20)19-15-5-4-12(17)7-11(15)3/h4-8H,18H2,1-3H3,(H,19,20). The van der Waals surface area contributed by atoms with Crippen LogP contribution in [0.3, 0.4) is 0 Å². The fourth-order valence-corrected chi connectivity index (χ4v) is 2.55. The highest BCUT2D eigenvalue weighted by Crippen LogP contribution is 2.23. The summed E-state index contributed by atoms with van der Waals surface area (Å²) in [6.45, 7) is 5.80. The molecule has 0 atom stereocenters. The average Bonchev–Trinajstić information content (AvgIpc) is 2.37. The van der Waals surface area contributed by atoms with E-state index in [9.17, 15) is 4.79 Å². The maximum Gasteiger partial charge on any atom is 0.256 e. The fourth-order valence-electron chi connectivity index (χ4n) is 2.07. The number of amides is 1. The monoisotopic (exact) mass is 332 g/mol. The van der Waals surface area contributed by atoms with Gasteiger partial charge in [0.2, 0.25) is 0 Å². The van der Waals surface area contributed by atoms with E-state index < -0.39 is 0 Å². The molecule has 104 valence electrons. The van der Waals surface area contributed by atoms with E-state index in [2.05, 4.69) is 21.2 Å². The van der Waals surface area contributed by atoms with E-state index in [0.717, 1.165) is 26.9 Å². The summed E-state index contributed by atoms with van der Waals surface area (Å²) in [7, 11) is 0. The van der Waals surface area contributed by atoms with Crippen LogP contribution in [-0.4, -0.2) is 5.91 Å². The summed E-state index contributed by atoms with van der Waals surface area (Å²) in [4.78, 5) is 12.4. The number of carbonyl (C=O) groups is 1. The zero-order valence-electron chi connectivity index (χ0n) is 11.8. The number of nitrogens with two attached hydrogens (primary N) is 1. The molecule has 0 saturated heterocycles. The molecule has 0 unspecified atom stereocenters. The van der Waals surface area contributed by atoms with E-state index in [0.29, 0.717) is 11.3 Å². The fraction of sp³-hybridized carbons (Fsp3) is 0.188. The molecule has 2 aromatic carbocycles. The van der Waals surface area contributed by atoms with Crippen molar-refractivity contribution in [2.45, 2.75) is 20.8 Å². The molecule has 2 aromatic rings. The molecule has 0 spiro atoms. The lowest BCUT2D eigenvalue weighted by Crippen LogP contribution is -2.15. The van der Waals surface area contributed by atoms with Gasteiger partial charge in [0.25, 0.3) is 5.91 Å². The Bertz CT molecular complexity index is 680. The molecule has 0 fully saturated rings. The number of carbonyl (C=O) groups excluding carboxylic acids is 1. The number of halogens is 1. The van der Waals surface area contributed by atoms with Gasteiger partial charge in [-0.15, -0.1) is 0 Å². The van der Waals surface area contributed by atoms with Crippen molar-refractivity contribution in [3.05, 3.63) is 57.1 Å². The SMILES string of the molecule is Cc1cc(C)c(C(=O)Nc2ccc(Br)cc2C)cc1N. The molecule has 0 saturated carbocycles. The lowest BCUT2D eigenvalue weighted by molar-refractivity contribution is 0.102. The summed E-state index contributed by atoms with van der Waals surface area (Å²) in [5.41, 5.74) is 10.8. The Morgan fingerprint density at radius 3 is 2.40 bits per heavy atom. The first-order valence-corrected chi connectivity index (χ1v) is 7.12. The van der Waals surface area contributed by atoms with E-state index in [4.69, 9.17) is 5.73 Å². The molecule has 2 rings (SSSR count). The molecule has 3 nitrogen and oxygen atoms in total. The van der Waals surface area contributed by atoms with Crippen molar-refractivity contribution >= 4 is 33.2 Å². The van der Waals surface area contributed by atoms with Gasteiger partial charge in [0.15, 0.2) is 0 Å². The lowest BCUT2D eigenvalue weighted by atomic mass is 10.0. The largest absolute Gasteiger partial charge is 0.398 e. The predicted molar refractivity (Wildman–Crippen MR) is 87.2 cm³/mol. The van der Waals surface area contributed by atoms with E-state index in [1.807, 2.05) is 45.0 Å². The highest BCUT2D eigenvalue weighted by atomic mass is 79.9. The van der Waals surface area contributed by atoms with Crippen LogP contribution >= 0.6 is 15.9 Å². The summed E-state index contributed by atoms with van der Waals surface area (Å²) in [5.74, 6) is -0.139. The van der Waals surface area contributed by atoms with Crippen molar-refractivity contribution in [1.29, 1.82) is 0 Å². The number of hydrogen-bond acceptors (Lipinski definition) is 2. The Morgan fingerprint density at radius 2 is 1.75 bits per heavy atom. The first-order valence-electron chi connectivity index (χ1n) is 6.32. The molecular weight excluding hydrogens is 316 g/mol. The second-order valence-electron chi connectivity index (χ2n) is 4.94. The first kappa shape index (κ1) is 14.6. The van der Waals surface area contributed by atoms with Crippen LogP contribution in [0.4, 0.5) is 11.4 Å². The Labute approximate surface area is 127 Å². The molecule has 0 bridgehead atoms. The molecule has 4 heteroatoms. The van der Waals surface area contributed by atoms with Crippen LogP contribution in [0.1, 0.15) is 27.0 Å². The van der Waals surface area contributed by atoms with Crippen LogP contribution in [-0.2, 0) is 0 Å². The van der Waals surface area contributed by atoms with Crippen molar-refractivity contribution in [2.75, 3.05) is 11.1 Å². The van der Waals surface area contributed by atoms with Crippen LogP contribution in [0.2, 0.25) is 0 Å². The Morgan fingerprint density at radius 1 is 1.05 bits per heavy atom. The third-order valence-electron chi connectivity index (χ3n) is 3.29. The highest BCUT2D eigenvalue weighted by molar-refractivity contribution is 9.10. The summed E-state index contributed by atoms with van der Waals surface area (Å²) in [6.07, 6.45) is 0. The molecule has 0 aliphatic heterocycles. The average molecular weight is 333 g/mol. The van der Waals surface area contributed by atoms with Gasteiger partial charge in [-0.1, -0.05) is 22.0 Å². The van der Waals surface area contributed by atoms with Gasteiger partial charge < -0.3 is 11.1 Å². The minimum Gasteiger partial charge on any atom is -0.398 e. The molecule has 0 aromatic heterocycles. The van der Waals surface area contributed by atoms with E-state index in [1.54, 1.807) is 6.07 Å². The number of rotatable bonds is 2. The summed E-state index contributed by atoms with van der Waals surface area (Å²) < 4.78 is 0.990. The highest BCUT2D eigenvalue weighted by Gasteiger charge is 2.12. The van der Waals surface area contributed by atoms with Gasteiger partial charge in [-0.3, -0.25) is 4.79 Å². The molecule has 1 amide bonds. The van der Waals surface area contributed by atoms with E-state index >= 15 is 0 Å². The van der Waals surface area contributed by atoms with Crippen LogP contribution in [0.5, 0.6) is 0 Å². The number of nitrogen functional groups attached to an aromatic ring is 1. The third kappa shape index (κ3) is 3.02. The lowest BCUT2D eigenvalue weighted by Gasteiger charge is -2.12. The van der Waals surface area contributed by atoms with E-state index in [1.165, 1.54) is 0 Å². The predicted octanol–water partition coefficient (Wildman–Crippen LogP) is 4.21. The van der Waals surface area contributed by atoms with Crippen molar-refractivity contribution < 1.29 is 4.79 Å². The third-order valence-corrected chi connectivity index (χ3v) is 3.79. The van der Waals surface area contributed by atoms with Gasteiger partial charge in [-0.25, -0.2) is 0 Å². The van der Waals surface area contributed by atoms with Gasteiger partial charge in [-0.05, 0) is 61.7 Å². The number of aryl methyl sites for hydroxylation is 3. The molecular formula is C16H17BrN2O. The Kier molecular flexibility index (Phi) is 4.14. The van der Waals surface area contributed by atoms with Gasteiger partial charge in [0.1, 0.15) is 0 Å². The molecule has 0 aliphatic rings. The number of hydrogen-bond donors (Lipinski definition) is 2. The second-order valence-corrected chi connectivity index (χ2v) is 5.85. The van der Waals surface area contributed by atoms with Crippen molar-refractivity contribution in [3.8, 4) is 0 Å². The number of benzene rings is 2. The van der Waals surface area contributed by atoms with Gasteiger partial charge >= 0.3 is 0 Å². The van der Waals surface area contributed by atoms with Gasteiger partial charge in [0, 0.05) is 21.4 Å². The molecule has 20 heavy (non-hydrogen) atoms. The summed E-state index contributed by atoms with van der Waals surface area (Å²) >= 11 is 3.41. The smallest absolute Gasteiger partial charge is 0.256 e. The van der Waals surface area contributed by atoms with Crippen LogP contribution in [0.15, 0.2) is 34.8 Å². The minimum atomic E-state index is -0.139. The molecule has 0 heterocycles. The van der Waals surface area contributed by atoms with Crippen molar-refractivity contribution in [3.63, 3.8) is 0 Å². The molecule has 0 aliphatic carbocycles. The zero-order chi connectivity index (χ0) is 14.9. The summed E-state index contributed by atoms with van der Waals surface area (Å²) in [5, 5.41) is 2.93. The normalized spacial score (nSPS) is 10.4. The van der Waals surface area contributed by atoms with Crippen molar-refractivity contribution in [2.24, 2.45) is 0 Å². The minimum absolute atomic E-state index is 0.139. The maximum absolute atomic E-state index is 12.4. The van der Waals surface area contributed by atoms with Gasteiger partial charge in [0.05, 0.1) is 0 Å². The van der Waals surface area contributed by atoms with E-state index in [-0.39, 0.29) is 5.91 Å². The van der Waals surface area contributed by atoms with Gasteiger partial charge in [-0.2, -0.15) is 0 Å². The first-order chi connectivity index (χ1) is 9.38. The number of nitrogens with one attached hydrogen (secondary N) is 1. The molecule has 3 N–H and O–H groups in total. The number of anilines is 2. The van der Waals surface area contributed by atoms with Crippen molar-refractivity contribution in [1.82, 2.24) is 0 Å². The van der Waals surface area contributed by atoms with Crippen LogP contribution in [0.25, 0.3) is 0 Å². The quantitative estimate of drug-likeness (QED) is 0.809. The van der Waals surface area contributed by atoms with Crippen LogP contribution < -0.4 is 11.1 Å². The van der Waals surface area contributed by atoms with Crippen LogP contribution in [0, 0.1) is 20.8 Å². The topological polar surface area (TPSA) is 55.1 Å². The summed E-state index contributed by atoms with van der Waals surface area (Å²) in [6, 6.07) is 9.40. The zero-order valence-corrected chi connectivity index (χ0v) is 13.3. The molecule has 0 radical (unpaired) electrons.